The number of nitrogens with two attached hydrogens (primary N) is 1. The molecule has 13 heavy (non-hydrogen) atoms. The number of halogens is 1. The van der Waals surface area contributed by atoms with Gasteiger partial charge in [-0.1, -0.05) is 11.6 Å². The number of hydrogen-bond acceptors (Lipinski definition) is 2. The van der Waals surface area contributed by atoms with Gasteiger partial charge in [-0.15, -0.1) is 0 Å². The van der Waals surface area contributed by atoms with Crippen molar-refractivity contribution in [3.63, 3.8) is 0 Å². The molecule has 2 rings (SSSR count). The van der Waals surface area contributed by atoms with Crippen molar-refractivity contribution in [3.05, 3.63) is 28.3 Å². The summed E-state index contributed by atoms with van der Waals surface area (Å²) in [5.41, 5.74) is 8.14. The second-order valence-electron chi connectivity index (χ2n) is 3.50. The van der Waals surface area contributed by atoms with Gasteiger partial charge in [0.2, 0.25) is 0 Å². The SMILES string of the molecule is N[C@@H]1CCCc2cc(Cl)c(O)cc21. The lowest BCUT2D eigenvalue weighted by molar-refractivity contribution is 0.470. The van der Waals surface area contributed by atoms with Crippen molar-refractivity contribution in [2.45, 2.75) is 25.3 Å². The number of hydrogen-bond donors (Lipinski definition) is 2. The molecule has 1 aliphatic rings. The Labute approximate surface area is 82.3 Å². The monoisotopic (exact) mass is 197 g/mol. The lowest BCUT2D eigenvalue weighted by Crippen LogP contribution is -2.17. The summed E-state index contributed by atoms with van der Waals surface area (Å²) in [7, 11) is 0. The molecule has 1 aromatic rings. The maximum Gasteiger partial charge on any atom is 0.134 e. The Balaban J connectivity index is 2.52. The molecule has 0 spiro atoms. The van der Waals surface area contributed by atoms with Crippen molar-refractivity contribution in [2.24, 2.45) is 5.73 Å². The van der Waals surface area contributed by atoms with Gasteiger partial charge >= 0.3 is 0 Å². The van der Waals surface area contributed by atoms with E-state index in [2.05, 4.69) is 0 Å². The molecule has 0 fully saturated rings. The molecule has 0 aliphatic heterocycles. The maximum atomic E-state index is 9.41. The summed E-state index contributed by atoms with van der Waals surface area (Å²) in [5.74, 6) is 0.137. The lowest BCUT2D eigenvalue weighted by atomic mass is 9.88. The average molecular weight is 198 g/mol. The van der Waals surface area contributed by atoms with Gasteiger partial charge < -0.3 is 10.8 Å². The molecule has 0 aromatic heterocycles. The average Bonchev–Trinajstić information content (AvgIpc) is 2.09. The quantitative estimate of drug-likeness (QED) is 0.671. The molecule has 0 bridgehead atoms. The first-order valence-electron chi connectivity index (χ1n) is 4.45. The highest BCUT2D eigenvalue weighted by molar-refractivity contribution is 6.32. The van der Waals surface area contributed by atoms with E-state index in [1.807, 2.05) is 6.07 Å². The number of rotatable bonds is 0. The third-order valence-corrected chi connectivity index (χ3v) is 2.87. The highest BCUT2D eigenvalue weighted by Gasteiger charge is 2.18. The van der Waals surface area contributed by atoms with Gasteiger partial charge in [0.1, 0.15) is 5.75 Å². The minimum Gasteiger partial charge on any atom is -0.506 e. The highest BCUT2D eigenvalue weighted by atomic mass is 35.5. The lowest BCUT2D eigenvalue weighted by Gasteiger charge is -2.22. The van der Waals surface area contributed by atoms with Crippen LogP contribution >= 0.6 is 11.6 Å². The molecule has 1 atom stereocenters. The van der Waals surface area contributed by atoms with Gasteiger partial charge in [0.25, 0.3) is 0 Å². The Bertz CT molecular complexity index is 338. The van der Waals surface area contributed by atoms with Crippen molar-refractivity contribution in [3.8, 4) is 5.75 Å². The number of phenolic OH excluding ortho intramolecular Hbond substituents is 1. The van der Waals surface area contributed by atoms with Crippen LogP contribution in [-0.4, -0.2) is 5.11 Å². The molecular formula is C10H12ClNO. The molecular weight excluding hydrogens is 186 g/mol. The summed E-state index contributed by atoms with van der Waals surface area (Å²) >= 11 is 5.80. The molecule has 0 heterocycles. The van der Waals surface area contributed by atoms with Crippen LogP contribution in [0.3, 0.4) is 0 Å². The summed E-state index contributed by atoms with van der Waals surface area (Å²) < 4.78 is 0. The van der Waals surface area contributed by atoms with E-state index in [1.54, 1.807) is 6.07 Å². The first-order valence-corrected chi connectivity index (χ1v) is 4.83. The van der Waals surface area contributed by atoms with Crippen LogP contribution in [-0.2, 0) is 6.42 Å². The number of benzene rings is 1. The second kappa shape index (κ2) is 3.20. The van der Waals surface area contributed by atoms with E-state index in [4.69, 9.17) is 17.3 Å². The summed E-state index contributed by atoms with van der Waals surface area (Å²) in [5, 5.41) is 9.83. The van der Waals surface area contributed by atoms with Gasteiger partial charge in [0, 0.05) is 6.04 Å². The summed E-state index contributed by atoms with van der Waals surface area (Å²) in [4.78, 5) is 0. The molecule has 3 heteroatoms. The molecule has 3 N–H and O–H groups in total. The molecule has 0 unspecified atom stereocenters. The third-order valence-electron chi connectivity index (χ3n) is 2.57. The van der Waals surface area contributed by atoms with Gasteiger partial charge in [-0.2, -0.15) is 0 Å². The van der Waals surface area contributed by atoms with E-state index >= 15 is 0 Å². The Hall–Kier alpha value is -0.730. The molecule has 0 radical (unpaired) electrons. The standard InChI is InChI=1S/C10H12ClNO/c11-8-4-6-2-1-3-9(12)7(6)5-10(8)13/h4-5,9,13H,1-3,12H2/t9-/m1/s1. The van der Waals surface area contributed by atoms with Crippen molar-refractivity contribution >= 4 is 11.6 Å². The van der Waals surface area contributed by atoms with Crippen LogP contribution in [0.5, 0.6) is 5.75 Å². The van der Waals surface area contributed by atoms with Crippen LogP contribution in [0.15, 0.2) is 12.1 Å². The predicted octanol–water partition coefficient (Wildman–Crippen LogP) is 2.38. The van der Waals surface area contributed by atoms with Crippen molar-refractivity contribution in [2.75, 3.05) is 0 Å². The van der Waals surface area contributed by atoms with Crippen LogP contribution in [0.1, 0.15) is 30.0 Å². The minimum absolute atomic E-state index is 0.0620. The summed E-state index contributed by atoms with van der Waals surface area (Å²) in [6, 6.07) is 3.58. The van der Waals surface area contributed by atoms with Crippen molar-refractivity contribution < 1.29 is 5.11 Å². The first-order chi connectivity index (χ1) is 6.18. The number of fused-ring (bicyclic) bond motifs is 1. The fourth-order valence-electron chi connectivity index (χ4n) is 1.85. The Morgan fingerprint density at radius 2 is 2.23 bits per heavy atom. The van der Waals surface area contributed by atoms with Crippen LogP contribution in [0.2, 0.25) is 5.02 Å². The largest absolute Gasteiger partial charge is 0.506 e. The zero-order chi connectivity index (χ0) is 9.42. The van der Waals surface area contributed by atoms with E-state index in [-0.39, 0.29) is 11.8 Å². The van der Waals surface area contributed by atoms with Gasteiger partial charge in [0.05, 0.1) is 5.02 Å². The van der Waals surface area contributed by atoms with E-state index in [0.717, 1.165) is 24.8 Å². The van der Waals surface area contributed by atoms with Crippen LogP contribution < -0.4 is 5.73 Å². The van der Waals surface area contributed by atoms with Gasteiger partial charge in [-0.05, 0) is 42.5 Å². The van der Waals surface area contributed by atoms with Crippen LogP contribution in [0.4, 0.5) is 0 Å². The topological polar surface area (TPSA) is 46.2 Å². The van der Waals surface area contributed by atoms with E-state index in [1.165, 1.54) is 5.56 Å². The Morgan fingerprint density at radius 3 is 3.00 bits per heavy atom. The second-order valence-corrected chi connectivity index (χ2v) is 3.91. The fraction of sp³-hybridized carbons (Fsp3) is 0.400. The normalized spacial score (nSPS) is 21.2. The summed E-state index contributed by atoms with van der Waals surface area (Å²) in [6.45, 7) is 0. The molecule has 0 amide bonds. The van der Waals surface area contributed by atoms with Crippen LogP contribution in [0, 0.1) is 0 Å². The van der Waals surface area contributed by atoms with Crippen LogP contribution in [0.25, 0.3) is 0 Å². The predicted molar refractivity (Wildman–Crippen MR) is 53.0 cm³/mol. The molecule has 1 aromatic carbocycles. The summed E-state index contributed by atoms with van der Waals surface area (Å²) in [6.07, 6.45) is 3.12. The Morgan fingerprint density at radius 1 is 1.46 bits per heavy atom. The molecule has 2 nitrogen and oxygen atoms in total. The van der Waals surface area contributed by atoms with Gasteiger partial charge in [-0.3, -0.25) is 0 Å². The van der Waals surface area contributed by atoms with Gasteiger partial charge in [0.15, 0.2) is 0 Å². The number of aromatic hydroxyl groups is 1. The molecule has 70 valence electrons. The van der Waals surface area contributed by atoms with Crippen molar-refractivity contribution in [1.29, 1.82) is 0 Å². The third kappa shape index (κ3) is 1.52. The maximum absolute atomic E-state index is 9.41. The molecule has 1 aliphatic carbocycles. The Kier molecular flexibility index (Phi) is 2.18. The molecule has 0 saturated heterocycles. The zero-order valence-electron chi connectivity index (χ0n) is 7.26. The highest BCUT2D eigenvalue weighted by Crippen LogP contribution is 2.34. The van der Waals surface area contributed by atoms with E-state index in [9.17, 15) is 5.11 Å². The van der Waals surface area contributed by atoms with Crippen molar-refractivity contribution in [1.82, 2.24) is 0 Å². The van der Waals surface area contributed by atoms with Gasteiger partial charge in [-0.25, -0.2) is 0 Å². The smallest absolute Gasteiger partial charge is 0.134 e. The van der Waals surface area contributed by atoms with E-state index in [0.29, 0.717) is 5.02 Å². The first kappa shape index (κ1) is 8.85. The molecule has 0 saturated carbocycles. The number of phenols is 1. The minimum atomic E-state index is 0.0620. The van der Waals surface area contributed by atoms with E-state index < -0.39 is 0 Å². The number of aryl methyl sites for hydroxylation is 1. The zero-order valence-corrected chi connectivity index (χ0v) is 8.01. The fourth-order valence-corrected chi connectivity index (χ4v) is 2.04.